The van der Waals surface area contributed by atoms with Crippen LogP contribution >= 0.6 is 11.8 Å². The van der Waals surface area contributed by atoms with Crippen LogP contribution in [0.25, 0.3) is 0 Å². The number of carboxylic acid groups (broad SMARTS) is 2. The molecule has 0 aliphatic carbocycles. The fraction of sp³-hybridized carbons (Fsp3) is 0.357. The summed E-state index contributed by atoms with van der Waals surface area (Å²) in [6.45, 7) is 0. The third-order valence-corrected chi connectivity index (χ3v) is 3.63. The number of thioether (sulfide) groups is 1. The second-order valence-corrected chi connectivity index (χ2v) is 5.24. The maximum atomic E-state index is 12.2. The van der Waals surface area contributed by atoms with Crippen LogP contribution in [-0.2, 0) is 9.59 Å². The van der Waals surface area contributed by atoms with Gasteiger partial charge in [0.2, 0.25) is 0 Å². The van der Waals surface area contributed by atoms with Gasteiger partial charge in [0, 0.05) is 11.3 Å². The molecule has 1 rings (SSSR count). The van der Waals surface area contributed by atoms with Gasteiger partial charge in [0.25, 0.3) is 5.91 Å². The number of aliphatic carboxylic acids is 2. The van der Waals surface area contributed by atoms with Gasteiger partial charge in [-0.3, -0.25) is 9.59 Å². The first kappa shape index (κ1) is 17.8. The van der Waals surface area contributed by atoms with Crippen LogP contribution in [0.5, 0.6) is 5.75 Å². The molecule has 0 aromatic heterocycles. The summed E-state index contributed by atoms with van der Waals surface area (Å²) in [5, 5.41) is 20.0. The Balaban J connectivity index is 2.89. The van der Waals surface area contributed by atoms with Gasteiger partial charge in [-0.05, 0) is 30.9 Å². The van der Waals surface area contributed by atoms with Gasteiger partial charge in [-0.25, -0.2) is 4.79 Å². The largest absolute Gasteiger partial charge is 0.496 e. The standard InChI is InChI=1S/C14H17NO6S/c1-21-11-7-8(22-2)3-4-9(11)13(18)15-10(14(19)20)5-6-12(16)17/h3-4,7,10H,5-6H2,1-2H3,(H,15,18)(H,16,17)(H,19,20). The number of carbonyl (C=O) groups is 3. The predicted molar refractivity (Wildman–Crippen MR) is 80.5 cm³/mol. The maximum Gasteiger partial charge on any atom is 0.326 e. The lowest BCUT2D eigenvalue weighted by Gasteiger charge is -2.15. The van der Waals surface area contributed by atoms with Crippen molar-refractivity contribution in [2.75, 3.05) is 13.4 Å². The quantitative estimate of drug-likeness (QED) is 0.620. The third-order valence-electron chi connectivity index (χ3n) is 2.90. The molecule has 1 aromatic carbocycles. The molecule has 0 saturated carbocycles. The molecule has 1 unspecified atom stereocenters. The van der Waals surface area contributed by atoms with Crippen LogP contribution < -0.4 is 10.1 Å². The van der Waals surface area contributed by atoms with E-state index >= 15 is 0 Å². The van der Waals surface area contributed by atoms with Crippen molar-refractivity contribution < 1.29 is 29.3 Å². The summed E-state index contributed by atoms with van der Waals surface area (Å²) < 4.78 is 5.13. The first-order valence-electron chi connectivity index (χ1n) is 6.36. The van der Waals surface area contributed by atoms with Crippen molar-refractivity contribution in [1.82, 2.24) is 5.32 Å². The number of carbonyl (C=O) groups excluding carboxylic acids is 1. The average molecular weight is 327 g/mol. The molecule has 0 bridgehead atoms. The van der Waals surface area contributed by atoms with Crippen LogP contribution in [0, 0.1) is 0 Å². The first-order chi connectivity index (χ1) is 10.4. The summed E-state index contributed by atoms with van der Waals surface area (Å²) in [6.07, 6.45) is 1.34. The van der Waals surface area contributed by atoms with Gasteiger partial charge < -0.3 is 20.3 Å². The number of carboxylic acids is 2. The highest BCUT2D eigenvalue weighted by atomic mass is 32.2. The smallest absolute Gasteiger partial charge is 0.326 e. The molecule has 0 radical (unpaired) electrons. The van der Waals surface area contributed by atoms with Gasteiger partial charge in [0.15, 0.2) is 0 Å². The highest BCUT2D eigenvalue weighted by Gasteiger charge is 2.23. The number of rotatable bonds is 8. The van der Waals surface area contributed by atoms with Crippen molar-refractivity contribution >= 4 is 29.6 Å². The SMILES string of the molecule is COc1cc(SC)ccc1C(=O)NC(CCC(=O)O)C(=O)O. The Morgan fingerprint density at radius 3 is 2.50 bits per heavy atom. The van der Waals surface area contributed by atoms with E-state index in [1.54, 1.807) is 12.1 Å². The predicted octanol–water partition coefficient (Wildman–Crippen LogP) is 1.46. The highest BCUT2D eigenvalue weighted by Crippen LogP contribution is 2.25. The number of amides is 1. The normalized spacial score (nSPS) is 11.5. The van der Waals surface area contributed by atoms with Gasteiger partial charge in [0.05, 0.1) is 12.7 Å². The zero-order valence-corrected chi connectivity index (χ0v) is 13.0. The second-order valence-electron chi connectivity index (χ2n) is 4.36. The van der Waals surface area contributed by atoms with Crippen LogP contribution in [0.4, 0.5) is 0 Å². The topological polar surface area (TPSA) is 113 Å². The minimum Gasteiger partial charge on any atom is -0.496 e. The molecular formula is C14H17NO6S. The molecule has 8 heteroatoms. The Morgan fingerprint density at radius 1 is 1.32 bits per heavy atom. The fourth-order valence-corrected chi connectivity index (χ4v) is 2.18. The van der Waals surface area contributed by atoms with E-state index in [1.807, 2.05) is 6.26 Å². The lowest BCUT2D eigenvalue weighted by atomic mass is 10.1. The third kappa shape index (κ3) is 4.96. The van der Waals surface area contributed by atoms with E-state index in [2.05, 4.69) is 5.32 Å². The van der Waals surface area contributed by atoms with E-state index < -0.39 is 23.9 Å². The summed E-state index contributed by atoms with van der Waals surface area (Å²) in [5.41, 5.74) is 0.196. The van der Waals surface area contributed by atoms with Crippen LogP contribution in [0.1, 0.15) is 23.2 Å². The lowest BCUT2D eigenvalue weighted by molar-refractivity contribution is -0.140. The molecule has 1 atom stereocenters. The van der Waals surface area contributed by atoms with Gasteiger partial charge in [-0.2, -0.15) is 0 Å². The molecule has 0 aliphatic rings. The van der Waals surface area contributed by atoms with Gasteiger partial charge in [0.1, 0.15) is 11.8 Å². The number of nitrogens with one attached hydrogen (secondary N) is 1. The summed E-state index contributed by atoms with van der Waals surface area (Å²) >= 11 is 1.48. The van der Waals surface area contributed by atoms with Crippen molar-refractivity contribution in [2.24, 2.45) is 0 Å². The zero-order chi connectivity index (χ0) is 16.7. The fourth-order valence-electron chi connectivity index (χ4n) is 1.75. The van der Waals surface area contributed by atoms with Crippen molar-refractivity contribution in [1.29, 1.82) is 0 Å². The van der Waals surface area contributed by atoms with Crippen LogP contribution in [-0.4, -0.2) is 47.5 Å². The summed E-state index contributed by atoms with van der Waals surface area (Å²) in [5.74, 6) is -2.70. The zero-order valence-electron chi connectivity index (χ0n) is 12.2. The van der Waals surface area contributed by atoms with Crippen LogP contribution in [0.3, 0.4) is 0 Å². The van der Waals surface area contributed by atoms with E-state index in [0.717, 1.165) is 4.90 Å². The van der Waals surface area contributed by atoms with Crippen LogP contribution in [0.2, 0.25) is 0 Å². The molecule has 7 nitrogen and oxygen atoms in total. The Hall–Kier alpha value is -2.22. The maximum absolute atomic E-state index is 12.2. The molecule has 1 amide bonds. The molecule has 22 heavy (non-hydrogen) atoms. The van der Waals surface area contributed by atoms with Crippen molar-refractivity contribution in [3.05, 3.63) is 23.8 Å². The first-order valence-corrected chi connectivity index (χ1v) is 7.59. The van der Waals surface area contributed by atoms with E-state index in [0.29, 0.717) is 5.75 Å². The average Bonchev–Trinajstić information content (AvgIpc) is 2.49. The molecule has 0 saturated heterocycles. The molecule has 0 spiro atoms. The molecule has 0 heterocycles. The molecule has 1 aromatic rings. The Labute approximate surface area is 131 Å². The lowest BCUT2D eigenvalue weighted by Crippen LogP contribution is -2.41. The van der Waals surface area contributed by atoms with Crippen molar-refractivity contribution in [3.63, 3.8) is 0 Å². The number of ether oxygens (including phenoxy) is 1. The number of hydrogen-bond acceptors (Lipinski definition) is 5. The second kappa shape index (κ2) is 8.28. The van der Waals surface area contributed by atoms with Gasteiger partial charge in [-0.1, -0.05) is 0 Å². The van der Waals surface area contributed by atoms with Crippen molar-refractivity contribution in [2.45, 2.75) is 23.8 Å². The summed E-state index contributed by atoms with van der Waals surface area (Å²) in [4.78, 5) is 34.7. The van der Waals surface area contributed by atoms with E-state index in [9.17, 15) is 14.4 Å². The van der Waals surface area contributed by atoms with E-state index in [1.165, 1.54) is 24.9 Å². The summed E-state index contributed by atoms with van der Waals surface area (Å²) in [7, 11) is 1.41. The van der Waals surface area contributed by atoms with Crippen LogP contribution in [0.15, 0.2) is 23.1 Å². The molecule has 0 fully saturated rings. The van der Waals surface area contributed by atoms with Gasteiger partial charge >= 0.3 is 11.9 Å². The molecule has 120 valence electrons. The molecular weight excluding hydrogens is 310 g/mol. The number of hydrogen-bond donors (Lipinski definition) is 3. The minimum atomic E-state index is -1.28. The Bertz CT molecular complexity index is 574. The number of methoxy groups -OCH3 is 1. The number of benzene rings is 1. The molecule has 3 N–H and O–H groups in total. The molecule has 0 aliphatic heterocycles. The highest BCUT2D eigenvalue weighted by molar-refractivity contribution is 7.98. The summed E-state index contributed by atoms with van der Waals surface area (Å²) in [6, 6.07) is 3.66. The van der Waals surface area contributed by atoms with Gasteiger partial charge in [-0.15, -0.1) is 11.8 Å². The van der Waals surface area contributed by atoms with E-state index in [4.69, 9.17) is 14.9 Å². The monoisotopic (exact) mass is 327 g/mol. The Kier molecular flexibility index (Phi) is 6.71. The Morgan fingerprint density at radius 2 is 2.00 bits per heavy atom. The minimum absolute atomic E-state index is 0.193. The van der Waals surface area contributed by atoms with Crippen molar-refractivity contribution in [3.8, 4) is 5.75 Å². The van der Waals surface area contributed by atoms with E-state index in [-0.39, 0.29) is 18.4 Å².